The number of rotatable bonds is 4. The van der Waals surface area contributed by atoms with Crippen molar-refractivity contribution in [3.8, 4) is 0 Å². The predicted octanol–water partition coefficient (Wildman–Crippen LogP) is 3.21. The van der Waals surface area contributed by atoms with Crippen molar-refractivity contribution in [2.75, 3.05) is 42.5 Å². The Bertz CT molecular complexity index is 1600. The van der Waals surface area contributed by atoms with Crippen molar-refractivity contribution in [1.82, 2.24) is 4.90 Å². The van der Waals surface area contributed by atoms with E-state index in [0.29, 0.717) is 48.3 Å². The fraction of sp³-hybridized carbons (Fsp3) is 0.200. The maximum absolute atomic E-state index is 13.3. The Morgan fingerprint density at radius 3 is 2.49 bits per heavy atom. The first kappa shape index (κ1) is 21.6. The highest BCUT2D eigenvalue weighted by atomic mass is 32.2. The molecule has 1 aromatic heterocycles. The number of amides is 2. The van der Waals surface area contributed by atoms with Crippen molar-refractivity contribution in [3.63, 3.8) is 0 Å². The van der Waals surface area contributed by atoms with E-state index in [1.54, 1.807) is 53.4 Å². The quantitative estimate of drug-likeness (QED) is 0.470. The summed E-state index contributed by atoms with van der Waals surface area (Å²) < 4.78 is 38.8. The van der Waals surface area contributed by atoms with Crippen molar-refractivity contribution >= 4 is 55.0 Å². The van der Waals surface area contributed by atoms with E-state index in [-0.39, 0.29) is 22.3 Å². The van der Waals surface area contributed by atoms with Crippen LogP contribution in [0.1, 0.15) is 10.6 Å². The molecule has 2 aliphatic heterocycles. The highest BCUT2D eigenvalue weighted by molar-refractivity contribution is 7.93. The van der Waals surface area contributed by atoms with Gasteiger partial charge < -0.3 is 19.4 Å². The van der Waals surface area contributed by atoms with Gasteiger partial charge in [-0.05, 0) is 29.7 Å². The molecule has 0 bridgehead atoms. The Balaban J connectivity index is 1.34. The number of fused-ring (bicyclic) bond motifs is 1. The lowest BCUT2D eigenvalue weighted by Crippen LogP contribution is -2.41. The highest BCUT2D eigenvalue weighted by Gasteiger charge is 2.37. The molecule has 2 amide bonds. The molecule has 6 rings (SSSR count). The van der Waals surface area contributed by atoms with E-state index in [1.165, 1.54) is 0 Å². The Morgan fingerprint density at radius 1 is 0.943 bits per heavy atom. The van der Waals surface area contributed by atoms with Crippen LogP contribution in [-0.4, -0.2) is 58.0 Å². The number of furan rings is 1. The SMILES string of the molecule is O=C(CN1c2cccc3cccc(c23)S1(=O)=O)Nc1c(C(=O)N2CCOCC2)oc2ccccc12. The zero-order valence-electron chi connectivity index (χ0n) is 18.6. The first-order valence-electron chi connectivity index (χ1n) is 11.2. The summed E-state index contributed by atoms with van der Waals surface area (Å²) in [6.07, 6.45) is 0. The van der Waals surface area contributed by atoms with Gasteiger partial charge in [-0.15, -0.1) is 0 Å². The van der Waals surface area contributed by atoms with E-state index in [1.807, 2.05) is 12.1 Å². The molecular formula is C25H21N3O6S. The molecule has 4 aromatic rings. The smallest absolute Gasteiger partial charge is 0.291 e. The fourth-order valence-corrected chi connectivity index (χ4v) is 6.33. The monoisotopic (exact) mass is 491 g/mol. The van der Waals surface area contributed by atoms with E-state index in [2.05, 4.69) is 5.32 Å². The van der Waals surface area contributed by atoms with Crippen LogP contribution in [0.5, 0.6) is 0 Å². The number of nitrogens with zero attached hydrogens (tertiary/aromatic N) is 2. The molecule has 1 fully saturated rings. The van der Waals surface area contributed by atoms with Gasteiger partial charge in [0.05, 0.1) is 23.8 Å². The molecule has 2 aliphatic rings. The molecule has 3 aromatic carbocycles. The van der Waals surface area contributed by atoms with Crippen LogP contribution in [0.25, 0.3) is 21.7 Å². The topological polar surface area (TPSA) is 109 Å². The van der Waals surface area contributed by atoms with E-state index >= 15 is 0 Å². The lowest BCUT2D eigenvalue weighted by Gasteiger charge is -2.26. The number of carbonyl (C=O) groups is 2. The van der Waals surface area contributed by atoms with E-state index in [9.17, 15) is 18.0 Å². The Labute approximate surface area is 200 Å². The van der Waals surface area contributed by atoms with Crippen LogP contribution in [0, 0.1) is 0 Å². The van der Waals surface area contributed by atoms with Gasteiger partial charge in [-0.2, -0.15) is 0 Å². The standard InChI is InChI=1S/C25H21N3O6S/c29-21(15-28-18-8-3-5-16-6-4-10-20(22(16)18)35(28,31)32)26-23-17-7-1-2-9-19(17)34-24(23)25(30)27-11-13-33-14-12-27/h1-10H,11-15H2,(H,26,29). The van der Waals surface area contributed by atoms with Gasteiger partial charge in [0.25, 0.3) is 15.9 Å². The number of morpholine rings is 1. The van der Waals surface area contributed by atoms with Gasteiger partial charge in [0.15, 0.2) is 0 Å². The third-order valence-electron chi connectivity index (χ3n) is 6.32. The molecule has 3 heterocycles. The Kier molecular flexibility index (Phi) is 5.01. The second-order valence-corrected chi connectivity index (χ2v) is 10.2. The fourth-order valence-electron chi connectivity index (χ4n) is 4.67. The molecule has 0 saturated carbocycles. The largest absolute Gasteiger partial charge is 0.449 e. The van der Waals surface area contributed by atoms with Gasteiger partial charge in [-0.1, -0.05) is 36.4 Å². The highest BCUT2D eigenvalue weighted by Crippen LogP contribution is 2.42. The molecular weight excluding hydrogens is 470 g/mol. The van der Waals surface area contributed by atoms with Crippen molar-refractivity contribution in [2.45, 2.75) is 4.90 Å². The van der Waals surface area contributed by atoms with Gasteiger partial charge in [0, 0.05) is 23.9 Å². The van der Waals surface area contributed by atoms with Crippen LogP contribution in [0.15, 0.2) is 70.0 Å². The summed E-state index contributed by atoms with van der Waals surface area (Å²) in [5.41, 5.74) is 1.13. The zero-order chi connectivity index (χ0) is 24.2. The van der Waals surface area contributed by atoms with Crippen LogP contribution in [0.2, 0.25) is 0 Å². The zero-order valence-corrected chi connectivity index (χ0v) is 19.4. The summed E-state index contributed by atoms with van der Waals surface area (Å²) in [7, 11) is -3.90. The molecule has 35 heavy (non-hydrogen) atoms. The second kappa shape index (κ2) is 8.10. The third-order valence-corrected chi connectivity index (χ3v) is 8.12. The Morgan fingerprint density at radius 2 is 1.69 bits per heavy atom. The molecule has 10 heteroatoms. The number of para-hydroxylation sites is 1. The van der Waals surface area contributed by atoms with Crippen LogP contribution in [-0.2, 0) is 19.6 Å². The van der Waals surface area contributed by atoms with E-state index in [0.717, 1.165) is 9.69 Å². The first-order valence-corrected chi connectivity index (χ1v) is 12.6. The summed E-state index contributed by atoms with van der Waals surface area (Å²) in [4.78, 5) is 28.2. The van der Waals surface area contributed by atoms with Crippen LogP contribution >= 0.6 is 0 Å². The molecule has 178 valence electrons. The van der Waals surface area contributed by atoms with Crippen molar-refractivity contribution in [2.24, 2.45) is 0 Å². The minimum Gasteiger partial charge on any atom is -0.449 e. The molecule has 0 radical (unpaired) electrons. The summed E-state index contributed by atoms with van der Waals surface area (Å²) in [5, 5.41) is 4.70. The number of hydrogen-bond donors (Lipinski definition) is 1. The van der Waals surface area contributed by atoms with Gasteiger partial charge in [0.2, 0.25) is 11.7 Å². The molecule has 0 spiro atoms. The number of nitrogens with one attached hydrogen (secondary N) is 1. The number of carbonyl (C=O) groups excluding carboxylic acids is 2. The maximum Gasteiger partial charge on any atom is 0.291 e. The van der Waals surface area contributed by atoms with Gasteiger partial charge in [0.1, 0.15) is 17.8 Å². The molecule has 0 atom stereocenters. The lowest BCUT2D eigenvalue weighted by molar-refractivity contribution is -0.114. The summed E-state index contributed by atoms with van der Waals surface area (Å²) in [6, 6.07) is 17.3. The summed E-state index contributed by atoms with van der Waals surface area (Å²) >= 11 is 0. The number of benzene rings is 3. The first-order chi connectivity index (χ1) is 16.9. The van der Waals surface area contributed by atoms with Gasteiger partial charge in [-0.25, -0.2) is 8.42 Å². The second-order valence-electron chi connectivity index (χ2n) is 8.40. The summed E-state index contributed by atoms with van der Waals surface area (Å²) in [6.45, 7) is 1.23. The van der Waals surface area contributed by atoms with Crippen LogP contribution in [0.4, 0.5) is 11.4 Å². The van der Waals surface area contributed by atoms with Crippen molar-refractivity contribution in [3.05, 3.63) is 66.4 Å². The van der Waals surface area contributed by atoms with Gasteiger partial charge >= 0.3 is 0 Å². The molecule has 0 unspecified atom stereocenters. The number of hydrogen-bond acceptors (Lipinski definition) is 6. The normalized spacial score (nSPS) is 16.7. The molecule has 1 N–H and O–H groups in total. The molecule has 9 nitrogen and oxygen atoms in total. The average molecular weight is 492 g/mol. The number of anilines is 2. The lowest BCUT2D eigenvalue weighted by atomic mass is 10.1. The summed E-state index contributed by atoms with van der Waals surface area (Å²) in [5.74, 6) is -0.928. The minimum absolute atomic E-state index is 0.0103. The third kappa shape index (κ3) is 3.44. The van der Waals surface area contributed by atoms with Crippen LogP contribution in [0.3, 0.4) is 0 Å². The predicted molar refractivity (Wildman–Crippen MR) is 130 cm³/mol. The number of ether oxygens (including phenoxy) is 1. The van der Waals surface area contributed by atoms with Gasteiger partial charge in [-0.3, -0.25) is 13.9 Å². The molecule has 0 aliphatic carbocycles. The van der Waals surface area contributed by atoms with Crippen LogP contribution < -0.4 is 9.62 Å². The molecule has 1 saturated heterocycles. The van der Waals surface area contributed by atoms with Crippen molar-refractivity contribution < 1.29 is 27.2 Å². The van der Waals surface area contributed by atoms with E-state index < -0.39 is 22.5 Å². The minimum atomic E-state index is -3.90. The Hall–Kier alpha value is -3.89. The number of sulfonamides is 1. The van der Waals surface area contributed by atoms with E-state index in [4.69, 9.17) is 9.15 Å². The van der Waals surface area contributed by atoms with Crippen molar-refractivity contribution in [1.29, 1.82) is 0 Å². The average Bonchev–Trinajstić information content (AvgIpc) is 3.34. The maximum atomic E-state index is 13.3.